The summed E-state index contributed by atoms with van der Waals surface area (Å²) in [6.07, 6.45) is 0. The highest BCUT2D eigenvalue weighted by molar-refractivity contribution is 6.51. The van der Waals surface area contributed by atoms with Crippen molar-refractivity contribution in [2.75, 3.05) is 4.90 Å². The Morgan fingerprint density at radius 1 is 0.938 bits per heavy atom. The largest absolute Gasteiger partial charge is 0.507 e. The molecule has 1 heterocycles. The van der Waals surface area contributed by atoms with Crippen LogP contribution in [0.5, 0.6) is 0 Å². The minimum Gasteiger partial charge on any atom is -0.507 e. The molecule has 1 aliphatic heterocycles. The van der Waals surface area contributed by atoms with Gasteiger partial charge in [0.25, 0.3) is 17.4 Å². The molecule has 160 valence electrons. The maximum absolute atomic E-state index is 13.5. The number of hydrogen-bond donors (Lipinski definition) is 1. The van der Waals surface area contributed by atoms with Crippen LogP contribution in [0.4, 0.5) is 20.2 Å². The Bertz CT molecular complexity index is 1270. The molecule has 3 aromatic carbocycles. The number of carbonyl (C=O) groups is 2. The van der Waals surface area contributed by atoms with Gasteiger partial charge in [0.15, 0.2) is 0 Å². The quantitative estimate of drug-likeness (QED) is 0.213. The average molecular weight is 436 g/mol. The van der Waals surface area contributed by atoms with Crippen LogP contribution in [0.2, 0.25) is 0 Å². The number of halogens is 2. The summed E-state index contributed by atoms with van der Waals surface area (Å²) in [6.45, 7) is 0. The molecule has 0 saturated carbocycles. The highest BCUT2D eigenvalue weighted by atomic mass is 19.1. The van der Waals surface area contributed by atoms with Gasteiger partial charge >= 0.3 is 0 Å². The molecule has 0 aromatic heterocycles. The predicted octanol–water partition coefficient (Wildman–Crippen LogP) is 4.50. The molecule has 1 amide bonds. The van der Waals surface area contributed by atoms with Crippen molar-refractivity contribution in [3.8, 4) is 0 Å². The SMILES string of the molecule is O=C1C(=O)N(c2ccc(F)cc2)C(c2ccc(F)cc2)/C1=C(/O)c1cccc([N+](=O)[O-])c1. The van der Waals surface area contributed by atoms with E-state index in [4.69, 9.17) is 0 Å². The van der Waals surface area contributed by atoms with Crippen LogP contribution in [-0.4, -0.2) is 21.7 Å². The summed E-state index contributed by atoms with van der Waals surface area (Å²) in [6, 6.07) is 13.6. The molecule has 0 aliphatic carbocycles. The van der Waals surface area contributed by atoms with Gasteiger partial charge in [-0.1, -0.05) is 24.3 Å². The molecule has 0 radical (unpaired) electrons. The molecule has 1 N–H and O–H groups in total. The zero-order chi connectivity index (χ0) is 23.0. The number of benzene rings is 3. The third-order valence-corrected chi connectivity index (χ3v) is 5.07. The number of aliphatic hydroxyl groups is 1. The van der Waals surface area contributed by atoms with Crippen molar-refractivity contribution in [3.63, 3.8) is 0 Å². The number of aliphatic hydroxyl groups excluding tert-OH is 1. The third kappa shape index (κ3) is 3.60. The molecule has 4 rings (SSSR count). The van der Waals surface area contributed by atoms with E-state index < -0.39 is 40.0 Å². The van der Waals surface area contributed by atoms with E-state index in [1.807, 2.05) is 0 Å². The van der Waals surface area contributed by atoms with E-state index in [0.29, 0.717) is 5.56 Å². The molecular formula is C23H14F2N2O5. The molecule has 1 aliphatic rings. The summed E-state index contributed by atoms with van der Waals surface area (Å²) in [5, 5.41) is 22.0. The van der Waals surface area contributed by atoms with Crippen LogP contribution in [0.1, 0.15) is 17.2 Å². The molecule has 3 aromatic rings. The van der Waals surface area contributed by atoms with Gasteiger partial charge in [-0.15, -0.1) is 0 Å². The fourth-order valence-electron chi connectivity index (χ4n) is 3.58. The average Bonchev–Trinajstić information content (AvgIpc) is 3.05. The Morgan fingerprint density at radius 2 is 1.53 bits per heavy atom. The van der Waals surface area contributed by atoms with Crippen LogP contribution in [0.25, 0.3) is 5.76 Å². The van der Waals surface area contributed by atoms with E-state index in [1.165, 1.54) is 42.5 Å². The highest BCUT2D eigenvalue weighted by Crippen LogP contribution is 2.42. The van der Waals surface area contributed by atoms with E-state index in [9.17, 15) is 33.6 Å². The minimum atomic E-state index is -1.17. The molecular weight excluding hydrogens is 422 g/mol. The number of non-ortho nitro benzene ring substituents is 1. The van der Waals surface area contributed by atoms with Crippen LogP contribution in [0, 0.1) is 21.7 Å². The lowest BCUT2D eigenvalue weighted by molar-refractivity contribution is -0.384. The second-order valence-electron chi connectivity index (χ2n) is 7.00. The van der Waals surface area contributed by atoms with Gasteiger partial charge in [0.05, 0.1) is 16.5 Å². The summed E-state index contributed by atoms with van der Waals surface area (Å²) in [7, 11) is 0. The molecule has 0 bridgehead atoms. The first-order chi connectivity index (χ1) is 15.3. The van der Waals surface area contributed by atoms with E-state index in [1.54, 1.807) is 0 Å². The lowest BCUT2D eigenvalue weighted by Gasteiger charge is -2.25. The molecule has 32 heavy (non-hydrogen) atoms. The van der Waals surface area contributed by atoms with Crippen molar-refractivity contribution in [1.82, 2.24) is 0 Å². The number of carbonyl (C=O) groups excluding carboxylic acids is 2. The summed E-state index contributed by atoms with van der Waals surface area (Å²) in [5.74, 6) is -3.75. The van der Waals surface area contributed by atoms with Crippen LogP contribution < -0.4 is 4.90 Å². The normalized spacial score (nSPS) is 17.6. The monoisotopic (exact) mass is 436 g/mol. The number of rotatable bonds is 4. The summed E-state index contributed by atoms with van der Waals surface area (Å²) >= 11 is 0. The highest BCUT2D eigenvalue weighted by Gasteiger charge is 2.47. The lowest BCUT2D eigenvalue weighted by Crippen LogP contribution is -2.29. The van der Waals surface area contributed by atoms with Crippen LogP contribution in [0.15, 0.2) is 78.4 Å². The fraction of sp³-hybridized carbons (Fsp3) is 0.0435. The number of nitrogens with zero attached hydrogens (tertiary/aromatic N) is 2. The first-order valence-corrected chi connectivity index (χ1v) is 9.35. The molecule has 9 heteroatoms. The summed E-state index contributed by atoms with van der Waals surface area (Å²) < 4.78 is 26.9. The van der Waals surface area contributed by atoms with Crippen molar-refractivity contribution in [1.29, 1.82) is 0 Å². The fourth-order valence-corrected chi connectivity index (χ4v) is 3.58. The van der Waals surface area contributed by atoms with Gasteiger partial charge in [0.2, 0.25) is 0 Å². The number of nitro groups is 1. The maximum Gasteiger partial charge on any atom is 0.300 e. The standard InChI is InChI=1S/C23H14F2N2O5/c24-15-6-4-13(5-7-15)20-19(21(28)14-2-1-3-18(12-14)27(31)32)22(29)23(30)26(20)17-10-8-16(25)9-11-17/h1-12,20,28H/b21-19-. The van der Waals surface area contributed by atoms with Crippen molar-refractivity contribution in [3.05, 3.63) is 111 Å². The number of ketones is 1. The van der Waals surface area contributed by atoms with Gasteiger partial charge in [0, 0.05) is 23.4 Å². The van der Waals surface area contributed by atoms with Gasteiger partial charge in [0.1, 0.15) is 17.4 Å². The van der Waals surface area contributed by atoms with Gasteiger partial charge < -0.3 is 5.11 Å². The predicted molar refractivity (Wildman–Crippen MR) is 111 cm³/mol. The molecule has 1 fully saturated rings. The topological polar surface area (TPSA) is 101 Å². The Labute approximate surface area is 180 Å². The Kier molecular flexibility index (Phi) is 5.23. The van der Waals surface area contributed by atoms with Crippen LogP contribution in [0.3, 0.4) is 0 Å². The lowest BCUT2D eigenvalue weighted by atomic mass is 9.95. The van der Waals surface area contributed by atoms with Crippen molar-refractivity contribution >= 4 is 28.8 Å². The first-order valence-electron chi connectivity index (χ1n) is 9.35. The summed E-state index contributed by atoms with van der Waals surface area (Å²) in [5.41, 5.74) is -0.196. The number of hydrogen-bond acceptors (Lipinski definition) is 5. The van der Waals surface area contributed by atoms with E-state index in [0.717, 1.165) is 35.2 Å². The molecule has 1 saturated heterocycles. The molecule has 1 atom stereocenters. The van der Waals surface area contributed by atoms with Crippen molar-refractivity contribution in [2.45, 2.75) is 6.04 Å². The smallest absolute Gasteiger partial charge is 0.300 e. The zero-order valence-electron chi connectivity index (χ0n) is 16.2. The van der Waals surface area contributed by atoms with E-state index >= 15 is 0 Å². The number of Topliss-reactive ketones (excluding diaryl/α,β-unsaturated/α-hetero) is 1. The Hall–Kier alpha value is -4.40. The number of nitro benzene ring substituents is 1. The van der Waals surface area contributed by atoms with Crippen LogP contribution in [-0.2, 0) is 9.59 Å². The second kappa shape index (κ2) is 8.03. The van der Waals surface area contributed by atoms with Gasteiger partial charge in [-0.3, -0.25) is 24.6 Å². The van der Waals surface area contributed by atoms with Gasteiger partial charge in [-0.05, 0) is 42.0 Å². The van der Waals surface area contributed by atoms with Crippen LogP contribution >= 0.6 is 0 Å². The Morgan fingerprint density at radius 3 is 2.12 bits per heavy atom. The molecule has 1 unspecified atom stereocenters. The first kappa shape index (κ1) is 20.9. The number of anilines is 1. The minimum absolute atomic E-state index is 0.0385. The second-order valence-corrected chi connectivity index (χ2v) is 7.00. The third-order valence-electron chi connectivity index (χ3n) is 5.07. The molecule has 7 nitrogen and oxygen atoms in total. The molecule has 0 spiro atoms. The number of amides is 1. The van der Waals surface area contributed by atoms with E-state index in [2.05, 4.69) is 0 Å². The van der Waals surface area contributed by atoms with Crippen molar-refractivity contribution in [2.24, 2.45) is 0 Å². The van der Waals surface area contributed by atoms with E-state index in [-0.39, 0.29) is 22.5 Å². The van der Waals surface area contributed by atoms with Gasteiger partial charge in [-0.2, -0.15) is 0 Å². The summed E-state index contributed by atoms with van der Waals surface area (Å²) in [4.78, 5) is 37.4. The zero-order valence-corrected chi connectivity index (χ0v) is 16.2. The Balaban J connectivity index is 1.94. The van der Waals surface area contributed by atoms with Gasteiger partial charge in [-0.25, -0.2) is 8.78 Å². The maximum atomic E-state index is 13.5. The van der Waals surface area contributed by atoms with Crippen molar-refractivity contribution < 1.29 is 28.4 Å².